The monoisotopic (exact) mass is 517 g/mol. The highest BCUT2D eigenvalue weighted by molar-refractivity contribution is 14.1. The lowest BCUT2D eigenvalue weighted by Crippen LogP contribution is -2.53. The first-order valence-electron chi connectivity index (χ1n) is 7.87. The van der Waals surface area contributed by atoms with Gasteiger partial charge in [0.15, 0.2) is 0 Å². The van der Waals surface area contributed by atoms with Crippen molar-refractivity contribution in [2.45, 2.75) is 24.9 Å². The maximum Gasteiger partial charge on any atom is 0.430 e. The molecule has 2 aromatic rings. The number of hydrogen-bond donors (Lipinski definition) is 1. The van der Waals surface area contributed by atoms with E-state index >= 15 is 0 Å². The molecule has 1 amide bonds. The molecular formula is C18H14F6INO2. The third-order valence-corrected chi connectivity index (χ3v) is 5.02. The first-order chi connectivity index (χ1) is 12.8. The summed E-state index contributed by atoms with van der Waals surface area (Å²) in [7, 11) is 0. The third kappa shape index (κ3) is 3.97. The van der Waals surface area contributed by atoms with Gasteiger partial charge in [0, 0.05) is 21.4 Å². The Bertz CT molecular complexity index is 834. The van der Waals surface area contributed by atoms with Crippen LogP contribution in [0.1, 0.15) is 22.8 Å². The summed E-state index contributed by atoms with van der Waals surface area (Å²) >= 11 is 1.95. The number of nitrogens with zero attached hydrogens (tertiary/aromatic N) is 1. The van der Waals surface area contributed by atoms with Gasteiger partial charge in [-0.3, -0.25) is 4.79 Å². The van der Waals surface area contributed by atoms with Crippen LogP contribution in [0.5, 0.6) is 0 Å². The summed E-state index contributed by atoms with van der Waals surface area (Å²) in [5, 5.41) is 9.43. The topological polar surface area (TPSA) is 40.5 Å². The molecule has 10 heteroatoms. The van der Waals surface area contributed by atoms with Crippen LogP contribution in [-0.4, -0.2) is 29.9 Å². The molecule has 0 saturated heterocycles. The quantitative estimate of drug-likeness (QED) is 0.444. The molecule has 0 aliphatic carbocycles. The summed E-state index contributed by atoms with van der Waals surface area (Å²) in [6.07, 6.45) is -11.9. The van der Waals surface area contributed by atoms with E-state index in [1.54, 1.807) is 31.2 Å². The van der Waals surface area contributed by atoms with Gasteiger partial charge in [-0.1, -0.05) is 24.3 Å². The maximum atomic E-state index is 13.0. The van der Waals surface area contributed by atoms with Gasteiger partial charge in [-0.15, -0.1) is 0 Å². The molecule has 1 N–H and O–H groups in total. The maximum absolute atomic E-state index is 13.0. The normalized spacial score (nSPS) is 12.8. The Morgan fingerprint density at radius 1 is 0.964 bits per heavy atom. The van der Waals surface area contributed by atoms with Crippen molar-refractivity contribution in [1.29, 1.82) is 0 Å². The summed E-state index contributed by atoms with van der Waals surface area (Å²) < 4.78 is 78.5. The van der Waals surface area contributed by atoms with Crippen LogP contribution in [-0.2, 0) is 5.60 Å². The number of anilines is 1. The van der Waals surface area contributed by atoms with Crippen molar-refractivity contribution in [1.82, 2.24) is 0 Å². The zero-order valence-corrected chi connectivity index (χ0v) is 16.4. The highest BCUT2D eigenvalue weighted by Crippen LogP contribution is 2.50. The van der Waals surface area contributed by atoms with Crippen LogP contribution < -0.4 is 4.90 Å². The second kappa shape index (κ2) is 7.90. The van der Waals surface area contributed by atoms with Gasteiger partial charge in [0.25, 0.3) is 11.5 Å². The fourth-order valence-corrected chi connectivity index (χ4v) is 3.21. The third-order valence-electron chi connectivity index (χ3n) is 4.08. The van der Waals surface area contributed by atoms with Crippen LogP contribution in [0, 0.1) is 3.57 Å². The minimum atomic E-state index is -5.97. The van der Waals surface area contributed by atoms with Crippen molar-refractivity contribution in [3.05, 3.63) is 63.2 Å². The fourth-order valence-electron chi connectivity index (χ4n) is 2.59. The highest BCUT2D eigenvalue weighted by Gasteiger charge is 2.71. The summed E-state index contributed by atoms with van der Waals surface area (Å²) in [4.78, 5) is 13.9. The molecule has 2 aromatic carbocycles. The first-order valence-corrected chi connectivity index (χ1v) is 8.95. The molecule has 2 rings (SSSR count). The number of amides is 1. The largest absolute Gasteiger partial charge is 0.430 e. The van der Waals surface area contributed by atoms with E-state index in [9.17, 15) is 36.2 Å². The van der Waals surface area contributed by atoms with Gasteiger partial charge in [0.1, 0.15) is 0 Å². The Hall–Kier alpha value is -1.82. The Kier molecular flexibility index (Phi) is 6.34. The van der Waals surface area contributed by atoms with Gasteiger partial charge >= 0.3 is 12.4 Å². The molecule has 0 fully saturated rings. The lowest BCUT2D eigenvalue weighted by Gasteiger charge is -2.33. The van der Waals surface area contributed by atoms with Gasteiger partial charge < -0.3 is 10.0 Å². The van der Waals surface area contributed by atoms with Crippen LogP contribution in [0.2, 0.25) is 0 Å². The molecule has 0 saturated carbocycles. The minimum Gasteiger partial charge on any atom is -0.369 e. The molecule has 152 valence electrons. The van der Waals surface area contributed by atoms with Crippen molar-refractivity contribution < 1.29 is 36.2 Å². The zero-order chi connectivity index (χ0) is 21.3. The molecule has 3 nitrogen and oxygen atoms in total. The van der Waals surface area contributed by atoms with Gasteiger partial charge in [-0.2, -0.15) is 26.3 Å². The first kappa shape index (κ1) is 22.5. The molecule has 0 spiro atoms. The van der Waals surface area contributed by atoms with E-state index in [0.29, 0.717) is 21.3 Å². The fraction of sp³-hybridized carbons (Fsp3) is 0.278. The number of halogens is 7. The standard InChI is InChI=1S/C18H14F6INO2/c1-2-26(15(27)13-5-3-4-6-14(13)25)12-9-7-11(8-10-12)16(28,17(19,20)21)18(22,23)24/h3-10,28H,2H2,1H3. The molecule has 0 unspecified atom stereocenters. The van der Waals surface area contributed by atoms with E-state index < -0.39 is 29.4 Å². The Morgan fingerprint density at radius 3 is 1.89 bits per heavy atom. The molecule has 0 radical (unpaired) electrons. The van der Waals surface area contributed by atoms with Gasteiger partial charge in [-0.25, -0.2) is 0 Å². The number of alkyl halides is 6. The van der Waals surface area contributed by atoms with E-state index in [0.717, 1.165) is 12.1 Å². The van der Waals surface area contributed by atoms with Crippen LogP contribution in [0.4, 0.5) is 32.0 Å². The Balaban J connectivity index is 2.45. The van der Waals surface area contributed by atoms with Crippen molar-refractivity contribution in [2.24, 2.45) is 0 Å². The second-order valence-electron chi connectivity index (χ2n) is 5.78. The average molecular weight is 517 g/mol. The lowest BCUT2D eigenvalue weighted by atomic mass is 9.92. The number of aliphatic hydroxyl groups is 1. The number of hydrogen-bond acceptors (Lipinski definition) is 2. The van der Waals surface area contributed by atoms with E-state index in [1.807, 2.05) is 22.6 Å². The predicted molar refractivity (Wildman–Crippen MR) is 99.0 cm³/mol. The molecule has 0 atom stereocenters. The molecule has 0 heterocycles. The highest BCUT2D eigenvalue weighted by atomic mass is 127. The summed E-state index contributed by atoms with van der Waals surface area (Å²) in [5.74, 6) is -0.456. The summed E-state index contributed by atoms with van der Waals surface area (Å²) in [5.41, 5.74) is -5.94. The van der Waals surface area contributed by atoms with Crippen LogP contribution in [0.15, 0.2) is 48.5 Å². The van der Waals surface area contributed by atoms with E-state index in [4.69, 9.17) is 0 Å². The number of carbonyl (C=O) groups excluding carboxylic acids is 1. The number of benzene rings is 2. The SMILES string of the molecule is CCN(C(=O)c1ccccc1I)c1ccc(C(O)(C(F)(F)F)C(F)(F)F)cc1. The summed E-state index contributed by atoms with van der Waals surface area (Å²) in [6, 6.07) is 9.52. The van der Waals surface area contributed by atoms with Crippen LogP contribution in [0.25, 0.3) is 0 Å². The minimum absolute atomic E-state index is 0.0996. The Labute approximate surface area is 170 Å². The van der Waals surface area contributed by atoms with Crippen molar-refractivity contribution in [3.63, 3.8) is 0 Å². The second-order valence-corrected chi connectivity index (χ2v) is 6.94. The van der Waals surface area contributed by atoms with E-state index in [-0.39, 0.29) is 12.2 Å². The van der Waals surface area contributed by atoms with Crippen LogP contribution in [0.3, 0.4) is 0 Å². The zero-order valence-electron chi connectivity index (χ0n) is 14.3. The average Bonchev–Trinajstić information content (AvgIpc) is 2.60. The summed E-state index contributed by atoms with van der Waals surface area (Å²) in [6.45, 7) is 1.75. The number of carbonyl (C=O) groups is 1. The van der Waals surface area contributed by atoms with Gasteiger partial charge in [0.2, 0.25) is 0 Å². The van der Waals surface area contributed by atoms with E-state index in [2.05, 4.69) is 0 Å². The Morgan fingerprint density at radius 2 is 1.46 bits per heavy atom. The lowest BCUT2D eigenvalue weighted by molar-refractivity contribution is -0.376. The molecule has 0 bridgehead atoms. The molecule has 0 aliphatic heterocycles. The van der Waals surface area contributed by atoms with Crippen molar-refractivity contribution >= 4 is 34.2 Å². The predicted octanol–water partition coefficient (Wildman–Crippen LogP) is 5.27. The smallest absolute Gasteiger partial charge is 0.369 e. The van der Waals surface area contributed by atoms with Crippen LogP contribution >= 0.6 is 22.6 Å². The van der Waals surface area contributed by atoms with Crippen molar-refractivity contribution in [3.8, 4) is 0 Å². The van der Waals surface area contributed by atoms with Crippen molar-refractivity contribution in [2.75, 3.05) is 11.4 Å². The molecular weight excluding hydrogens is 503 g/mol. The number of rotatable bonds is 4. The molecule has 0 aliphatic rings. The molecule has 0 aromatic heterocycles. The van der Waals surface area contributed by atoms with E-state index in [1.165, 1.54) is 4.90 Å². The van der Waals surface area contributed by atoms with Gasteiger partial charge in [-0.05, 0) is 53.8 Å². The van der Waals surface area contributed by atoms with Gasteiger partial charge in [0.05, 0.1) is 5.56 Å². The molecule has 28 heavy (non-hydrogen) atoms.